The summed E-state index contributed by atoms with van der Waals surface area (Å²) in [5.41, 5.74) is 2.23. The number of hydrogen-bond donors (Lipinski definition) is 1. The van der Waals surface area contributed by atoms with E-state index in [9.17, 15) is 0 Å². The molecule has 1 heterocycles. The lowest BCUT2D eigenvalue weighted by Crippen LogP contribution is -2.23. The third-order valence-corrected chi connectivity index (χ3v) is 2.65. The summed E-state index contributed by atoms with van der Waals surface area (Å²) >= 11 is 0. The Morgan fingerprint density at radius 2 is 2.31 bits per heavy atom. The molecule has 4 heteroatoms. The molecule has 4 nitrogen and oxygen atoms in total. The van der Waals surface area contributed by atoms with Gasteiger partial charge in [-0.3, -0.25) is 0 Å². The highest BCUT2D eigenvalue weighted by Gasteiger charge is 2.15. The van der Waals surface area contributed by atoms with Gasteiger partial charge in [0, 0.05) is 19.6 Å². The largest absolute Gasteiger partial charge is 0.481 e. The van der Waals surface area contributed by atoms with Gasteiger partial charge >= 0.3 is 0 Å². The molecule has 0 saturated carbocycles. The van der Waals surface area contributed by atoms with E-state index in [-0.39, 0.29) is 6.04 Å². The van der Waals surface area contributed by atoms with Crippen LogP contribution in [-0.2, 0) is 20.0 Å². The molecule has 1 atom stereocenters. The van der Waals surface area contributed by atoms with Gasteiger partial charge in [0.2, 0.25) is 5.88 Å². The van der Waals surface area contributed by atoms with Crippen LogP contribution in [0.1, 0.15) is 25.1 Å². The van der Waals surface area contributed by atoms with Gasteiger partial charge < -0.3 is 10.1 Å². The summed E-state index contributed by atoms with van der Waals surface area (Å²) in [5, 5.41) is 7.79. The van der Waals surface area contributed by atoms with Gasteiger partial charge in [0.15, 0.2) is 0 Å². The first-order valence-corrected chi connectivity index (χ1v) is 5.58. The molecule has 0 fully saturated rings. The molecule has 0 amide bonds. The van der Waals surface area contributed by atoms with Crippen molar-refractivity contribution in [2.24, 2.45) is 7.05 Å². The zero-order valence-electron chi connectivity index (χ0n) is 10.6. The van der Waals surface area contributed by atoms with E-state index in [0.717, 1.165) is 30.1 Å². The lowest BCUT2D eigenvalue weighted by Gasteiger charge is -2.10. The first-order chi connectivity index (χ1) is 7.63. The Labute approximate surface area is 97.3 Å². The van der Waals surface area contributed by atoms with Crippen LogP contribution < -0.4 is 10.1 Å². The Morgan fingerprint density at radius 1 is 1.62 bits per heavy atom. The van der Waals surface area contributed by atoms with Gasteiger partial charge in [-0.25, -0.2) is 4.68 Å². The zero-order chi connectivity index (χ0) is 12.1. The number of nitrogens with zero attached hydrogens (tertiary/aromatic N) is 2. The molecule has 90 valence electrons. The first kappa shape index (κ1) is 12.8. The highest BCUT2D eigenvalue weighted by Crippen LogP contribution is 2.21. The number of nitrogens with one attached hydrogen (secondary N) is 1. The lowest BCUT2D eigenvalue weighted by molar-refractivity contribution is 0.367. The number of aromatic nitrogens is 2. The predicted molar refractivity (Wildman–Crippen MR) is 65.6 cm³/mol. The van der Waals surface area contributed by atoms with Crippen molar-refractivity contribution in [1.82, 2.24) is 15.1 Å². The highest BCUT2D eigenvalue weighted by atomic mass is 16.5. The molecule has 1 rings (SSSR count). The Kier molecular flexibility index (Phi) is 4.55. The molecule has 0 aliphatic heterocycles. The van der Waals surface area contributed by atoms with Crippen LogP contribution in [0, 0.1) is 0 Å². The number of rotatable bonds is 6. The molecule has 0 aliphatic rings. The van der Waals surface area contributed by atoms with Gasteiger partial charge in [0.25, 0.3) is 0 Å². The Balaban J connectivity index is 2.87. The van der Waals surface area contributed by atoms with Gasteiger partial charge in [0.1, 0.15) is 0 Å². The van der Waals surface area contributed by atoms with Crippen molar-refractivity contribution in [3.8, 4) is 5.88 Å². The molecule has 16 heavy (non-hydrogen) atoms. The van der Waals surface area contributed by atoms with Crippen molar-refractivity contribution in [3.05, 3.63) is 23.9 Å². The zero-order valence-corrected chi connectivity index (χ0v) is 10.6. The van der Waals surface area contributed by atoms with Crippen LogP contribution in [0.25, 0.3) is 0 Å². The SMILES string of the molecule is C=CC(C)NCc1c(CC)nn(C)c1OC. The van der Waals surface area contributed by atoms with Gasteiger partial charge in [0.05, 0.1) is 18.4 Å². The third-order valence-electron chi connectivity index (χ3n) is 2.65. The van der Waals surface area contributed by atoms with Crippen molar-refractivity contribution < 1.29 is 4.74 Å². The molecule has 0 spiro atoms. The monoisotopic (exact) mass is 223 g/mol. The molecule has 0 aliphatic carbocycles. The summed E-state index contributed by atoms with van der Waals surface area (Å²) in [7, 11) is 3.58. The second-order valence-corrected chi connectivity index (χ2v) is 3.82. The molecule has 1 N–H and O–H groups in total. The summed E-state index contributed by atoms with van der Waals surface area (Å²) in [6, 6.07) is 0.287. The summed E-state index contributed by atoms with van der Waals surface area (Å²) in [4.78, 5) is 0. The lowest BCUT2D eigenvalue weighted by atomic mass is 10.2. The Morgan fingerprint density at radius 3 is 2.81 bits per heavy atom. The number of hydrogen-bond acceptors (Lipinski definition) is 3. The van der Waals surface area contributed by atoms with E-state index in [1.807, 2.05) is 13.1 Å². The summed E-state index contributed by atoms with van der Waals surface area (Å²) in [6.07, 6.45) is 2.80. The maximum Gasteiger partial charge on any atom is 0.216 e. The van der Waals surface area contributed by atoms with Gasteiger partial charge in [-0.05, 0) is 13.3 Å². The number of aryl methyl sites for hydroxylation is 2. The van der Waals surface area contributed by atoms with Crippen LogP contribution in [-0.4, -0.2) is 22.9 Å². The molecule has 1 aromatic rings. The maximum absolute atomic E-state index is 5.36. The van der Waals surface area contributed by atoms with E-state index in [1.165, 1.54) is 0 Å². The smallest absolute Gasteiger partial charge is 0.216 e. The van der Waals surface area contributed by atoms with E-state index in [4.69, 9.17) is 4.74 Å². The fourth-order valence-corrected chi connectivity index (χ4v) is 1.67. The van der Waals surface area contributed by atoms with Crippen LogP contribution in [0.2, 0.25) is 0 Å². The minimum atomic E-state index is 0.287. The average Bonchev–Trinajstić information content (AvgIpc) is 2.61. The predicted octanol–water partition coefficient (Wildman–Crippen LogP) is 1.66. The Hall–Kier alpha value is -1.29. The fraction of sp³-hybridized carbons (Fsp3) is 0.583. The van der Waals surface area contributed by atoms with Crippen LogP contribution in [0.5, 0.6) is 5.88 Å². The van der Waals surface area contributed by atoms with E-state index in [2.05, 4.69) is 30.8 Å². The quantitative estimate of drug-likeness (QED) is 0.745. The Bertz CT molecular complexity index is 357. The normalized spacial score (nSPS) is 12.5. The van der Waals surface area contributed by atoms with Crippen molar-refractivity contribution in [2.75, 3.05) is 7.11 Å². The fourth-order valence-electron chi connectivity index (χ4n) is 1.67. The van der Waals surface area contributed by atoms with E-state index >= 15 is 0 Å². The standard InChI is InChI=1S/C12H21N3O/c1-6-9(3)13-8-10-11(7-2)14-15(4)12(10)16-5/h6,9,13H,1,7-8H2,2-5H3. The molecule has 0 saturated heterocycles. The van der Waals surface area contributed by atoms with Crippen LogP contribution >= 0.6 is 0 Å². The van der Waals surface area contributed by atoms with Gasteiger partial charge in [-0.2, -0.15) is 5.10 Å². The summed E-state index contributed by atoms with van der Waals surface area (Å²) < 4.78 is 7.15. The topological polar surface area (TPSA) is 39.1 Å². The minimum Gasteiger partial charge on any atom is -0.481 e. The number of ether oxygens (including phenoxy) is 1. The molecule has 1 aromatic heterocycles. The average molecular weight is 223 g/mol. The van der Waals surface area contributed by atoms with E-state index < -0.39 is 0 Å². The summed E-state index contributed by atoms with van der Waals surface area (Å²) in [6.45, 7) is 8.68. The van der Waals surface area contributed by atoms with E-state index in [1.54, 1.807) is 11.8 Å². The number of methoxy groups -OCH3 is 1. The molecular formula is C12H21N3O. The third kappa shape index (κ3) is 2.64. The van der Waals surface area contributed by atoms with Gasteiger partial charge in [-0.1, -0.05) is 13.0 Å². The maximum atomic E-state index is 5.36. The van der Waals surface area contributed by atoms with Crippen molar-refractivity contribution in [3.63, 3.8) is 0 Å². The summed E-state index contributed by atoms with van der Waals surface area (Å²) in [5.74, 6) is 0.834. The van der Waals surface area contributed by atoms with E-state index in [0.29, 0.717) is 0 Å². The second kappa shape index (κ2) is 5.70. The molecular weight excluding hydrogens is 202 g/mol. The molecule has 0 aromatic carbocycles. The first-order valence-electron chi connectivity index (χ1n) is 5.58. The van der Waals surface area contributed by atoms with Crippen molar-refractivity contribution in [1.29, 1.82) is 0 Å². The second-order valence-electron chi connectivity index (χ2n) is 3.82. The van der Waals surface area contributed by atoms with Crippen LogP contribution in [0.15, 0.2) is 12.7 Å². The van der Waals surface area contributed by atoms with Crippen molar-refractivity contribution >= 4 is 0 Å². The minimum absolute atomic E-state index is 0.287. The highest BCUT2D eigenvalue weighted by molar-refractivity contribution is 5.31. The molecule has 1 unspecified atom stereocenters. The van der Waals surface area contributed by atoms with Gasteiger partial charge in [-0.15, -0.1) is 6.58 Å². The molecule has 0 bridgehead atoms. The van der Waals surface area contributed by atoms with Crippen LogP contribution in [0.3, 0.4) is 0 Å². The van der Waals surface area contributed by atoms with Crippen LogP contribution in [0.4, 0.5) is 0 Å². The molecule has 0 radical (unpaired) electrons. The van der Waals surface area contributed by atoms with Crippen molar-refractivity contribution in [2.45, 2.75) is 32.9 Å².